The summed E-state index contributed by atoms with van der Waals surface area (Å²) in [6.45, 7) is 0. The molecular weight excluding hydrogens is 231 g/mol. The number of hydrogen-bond donors (Lipinski definition) is 1. The van der Waals surface area contributed by atoms with Crippen molar-refractivity contribution in [2.75, 3.05) is 0 Å². The van der Waals surface area contributed by atoms with Crippen LogP contribution in [0.1, 0.15) is 15.9 Å². The van der Waals surface area contributed by atoms with Gasteiger partial charge in [-0.05, 0) is 18.2 Å². The van der Waals surface area contributed by atoms with Gasteiger partial charge in [-0.2, -0.15) is 13.2 Å². The van der Waals surface area contributed by atoms with E-state index in [2.05, 4.69) is 0 Å². The highest BCUT2D eigenvalue weighted by atomic mass is 35.5. The molecular formula is C9H5ClF3NO. The molecule has 0 unspecified atom stereocenters. The average Bonchev–Trinajstić information content (AvgIpc) is 2.15. The minimum Gasteiger partial charge on any atom is -0.305 e. The molecule has 0 aliphatic carbocycles. The zero-order valence-electron chi connectivity index (χ0n) is 7.23. The number of alkyl halides is 3. The third-order valence-corrected chi connectivity index (χ3v) is 2.02. The third-order valence-electron chi connectivity index (χ3n) is 1.69. The fourth-order valence-corrected chi connectivity index (χ4v) is 1.18. The van der Waals surface area contributed by atoms with Gasteiger partial charge in [-0.25, -0.2) is 0 Å². The summed E-state index contributed by atoms with van der Waals surface area (Å²) in [6.07, 6.45) is -4.11. The number of hydrogen-bond acceptors (Lipinski definition) is 2. The highest BCUT2D eigenvalue weighted by Crippen LogP contribution is 2.31. The first kappa shape index (κ1) is 11.7. The molecule has 0 heterocycles. The minimum atomic E-state index is -4.53. The smallest absolute Gasteiger partial charge is 0.305 e. The summed E-state index contributed by atoms with van der Waals surface area (Å²) in [5, 5.41) is 6.55. The second kappa shape index (κ2) is 4.02. The molecule has 1 rings (SSSR count). The Balaban J connectivity index is 3.29. The van der Waals surface area contributed by atoms with Crippen molar-refractivity contribution in [1.82, 2.24) is 0 Å². The van der Waals surface area contributed by atoms with Crippen LogP contribution < -0.4 is 0 Å². The average molecular weight is 236 g/mol. The van der Waals surface area contributed by atoms with Crippen molar-refractivity contribution >= 4 is 23.6 Å². The van der Waals surface area contributed by atoms with Gasteiger partial charge in [0.1, 0.15) is 0 Å². The third kappa shape index (κ3) is 2.56. The van der Waals surface area contributed by atoms with Crippen molar-refractivity contribution in [2.45, 2.75) is 6.18 Å². The number of rotatable bonds is 2. The molecule has 0 fully saturated rings. The Morgan fingerprint density at radius 3 is 2.47 bits per heavy atom. The highest BCUT2D eigenvalue weighted by Gasteiger charge is 2.31. The first-order valence-electron chi connectivity index (χ1n) is 3.78. The van der Waals surface area contributed by atoms with Gasteiger partial charge in [0.15, 0.2) is 0 Å². The summed E-state index contributed by atoms with van der Waals surface area (Å²) in [5.74, 6) is -0.855. The van der Waals surface area contributed by atoms with Crippen molar-refractivity contribution in [3.05, 3.63) is 34.3 Å². The number of ketones is 1. The predicted molar refractivity (Wildman–Crippen MR) is 49.6 cm³/mol. The molecule has 6 heteroatoms. The van der Waals surface area contributed by atoms with Crippen LogP contribution in [0.5, 0.6) is 0 Å². The summed E-state index contributed by atoms with van der Waals surface area (Å²) in [6, 6.07) is 2.40. The van der Waals surface area contributed by atoms with Gasteiger partial charge in [-0.3, -0.25) is 4.79 Å². The molecule has 0 aliphatic rings. The summed E-state index contributed by atoms with van der Waals surface area (Å²) < 4.78 is 36.8. The van der Waals surface area contributed by atoms with Gasteiger partial charge in [0, 0.05) is 5.56 Å². The van der Waals surface area contributed by atoms with Crippen LogP contribution in [0.3, 0.4) is 0 Å². The molecule has 0 aromatic heterocycles. The van der Waals surface area contributed by atoms with E-state index in [9.17, 15) is 18.0 Å². The molecule has 2 nitrogen and oxygen atoms in total. The lowest BCUT2D eigenvalue weighted by Gasteiger charge is -2.08. The van der Waals surface area contributed by atoms with Crippen LogP contribution in [0.4, 0.5) is 13.2 Å². The Kier molecular flexibility index (Phi) is 3.14. The fourth-order valence-electron chi connectivity index (χ4n) is 0.968. The van der Waals surface area contributed by atoms with Gasteiger partial charge in [-0.15, -0.1) is 0 Å². The molecule has 0 bridgehead atoms. The monoisotopic (exact) mass is 235 g/mol. The summed E-state index contributed by atoms with van der Waals surface area (Å²) in [4.78, 5) is 11.0. The van der Waals surface area contributed by atoms with E-state index >= 15 is 0 Å². The van der Waals surface area contributed by atoms with Gasteiger partial charge < -0.3 is 5.41 Å². The number of Topliss-reactive ketones (excluding diaryl/α,β-unsaturated/α-hetero) is 1. The second-order valence-corrected chi connectivity index (χ2v) is 3.11. The highest BCUT2D eigenvalue weighted by molar-refractivity contribution is 6.41. The lowest BCUT2D eigenvalue weighted by atomic mass is 10.1. The fraction of sp³-hybridized carbons (Fsp3) is 0.111. The SMILES string of the molecule is N=CC(=O)c1cc(C(F)(F)F)ccc1Cl. The molecule has 1 N–H and O–H groups in total. The van der Waals surface area contributed by atoms with Crippen molar-refractivity contribution in [3.63, 3.8) is 0 Å². The van der Waals surface area contributed by atoms with E-state index in [1.807, 2.05) is 0 Å². The number of benzene rings is 1. The maximum atomic E-state index is 12.3. The topological polar surface area (TPSA) is 40.9 Å². The van der Waals surface area contributed by atoms with Crippen LogP contribution in [-0.2, 0) is 6.18 Å². The predicted octanol–water partition coefficient (Wildman–Crippen LogP) is 3.19. The molecule has 1 aromatic rings. The van der Waals surface area contributed by atoms with E-state index in [1.165, 1.54) is 0 Å². The van der Waals surface area contributed by atoms with Gasteiger partial charge >= 0.3 is 6.18 Å². The second-order valence-electron chi connectivity index (χ2n) is 2.70. The largest absolute Gasteiger partial charge is 0.416 e. The molecule has 15 heavy (non-hydrogen) atoms. The van der Waals surface area contributed by atoms with Crippen LogP contribution in [-0.4, -0.2) is 12.0 Å². The van der Waals surface area contributed by atoms with Crippen molar-refractivity contribution in [1.29, 1.82) is 5.41 Å². The zero-order chi connectivity index (χ0) is 11.6. The van der Waals surface area contributed by atoms with E-state index in [0.717, 1.165) is 12.1 Å². The standard InChI is InChI=1S/C9H5ClF3NO/c10-7-2-1-5(9(11,12)13)3-6(7)8(15)4-14/h1-4,14H. The van der Waals surface area contributed by atoms with Gasteiger partial charge in [0.05, 0.1) is 16.8 Å². The Labute approximate surface area is 88.2 Å². The number of nitrogens with one attached hydrogen (secondary N) is 1. The molecule has 0 atom stereocenters. The van der Waals surface area contributed by atoms with Crippen molar-refractivity contribution < 1.29 is 18.0 Å². The Morgan fingerprint density at radius 1 is 1.40 bits per heavy atom. The molecule has 0 spiro atoms. The molecule has 80 valence electrons. The number of carbonyl (C=O) groups excluding carboxylic acids is 1. The van der Waals surface area contributed by atoms with E-state index in [4.69, 9.17) is 17.0 Å². The number of halogens is 4. The first-order valence-corrected chi connectivity index (χ1v) is 4.15. The van der Waals surface area contributed by atoms with Gasteiger partial charge in [0.2, 0.25) is 5.78 Å². The lowest BCUT2D eigenvalue weighted by Crippen LogP contribution is -2.08. The van der Waals surface area contributed by atoms with Crippen LogP contribution in [0.15, 0.2) is 18.2 Å². The Hall–Kier alpha value is -1.36. The number of carbonyl (C=O) groups is 1. The van der Waals surface area contributed by atoms with Crippen LogP contribution in [0.25, 0.3) is 0 Å². The molecule has 0 aliphatic heterocycles. The maximum Gasteiger partial charge on any atom is 0.416 e. The van der Waals surface area contributed by atoms with Crippen molar-refractivity contribution in [3.8, 4) is 0 Å². The molecule has 0 amide bonds. The van der Waals surface area contributed by atoms with E-state index in [0.29, 0.717) is 12.3 Å². The van der Waals surface area contributed by atoms with E-state index in [-0.39, 0.29) is 10.6 Å². The maximum absolute atomic E-state index is 12.3. The van der Waals surface area contributed by atoms with Crippen LogP contribution in [0.2, 0.25) is 5.02 Å². The van der Waals surface area contributed by atoms with Crippen LogP contribution in [0, 0.1) is 5.41 Å². The van der Waals surface area contributed by atoms with Crippen molar-refractivity contribution in [2.24, 2.45) is 0 Å². The summed E-state index contributed by atoms with van der Waals surface area (Å²) >= 11 is 5.53. The molecule has 0 saturated carbocycles. The molecule has 0 saturated heterocycles. The summed E-state index contributed by atoms with van der Waals surface area (Å²) in [7, 11) is 0. The zero-order valence-corrected chi connectivity index (χ0v) is 7.99. The molecule has 1 aromatic carbocycles. The minimum absolute atomic E-state index is 0.100. The normalized spacial score (nSPS) is 11.2. The summed E-state index contributed by atoms with van der Waals surface area (Å²) in [5.41, 5.74) is -1.28. The Morgan fingerprint density at radius 2 is 2.00 bits per heavy atom. The first-order chi connectivity index (χ1) is 6.86. The van der Waals surface area contributed by atoms with E-state index in [1.54, 1.807) is 0 Å². The Bertz CT molecular complexity index is 414. The van der Waals surface area contributed by atoms with E-state index < -0.39 is 17.5 Å². The van der Waals surface area contributed by atoms with Crippen LogP contribution >= 0.6 is 11.6 Å². The lowest BCUT2D eigenvalue weighted by molar-refractivity contribution is -0.137. The quantitative estimate of drug-likeness (QED) is 0.621. The van der Waals surface area contributed by atoms with Gasteiger partial charge in [-0.1, -0.05) is 11.6 Å². The van der Waals surface area contributed by atoms with Gasteiger partial charge in [0.25, 0.3) is 0 Å². The molecule has 0 radical (unpaired) electrons.